The Balaban J connectivity index is 1.50. The Hall–Kier alpha value is -1.11. The Kier molecular flexibility index (Phi) is 3.35. The molecule has 1 aromatic carbocycles. The third-order valence-electron chi connectivity index (χ3n) is 6.60. The van der Waals surface area contributed by atoms with E-state index in [2.05, 4.69) is 4.98 Å². The van der Waals surface area contributed by atoms with Crippen LogP contribution in [0, 0.1) is 23.2 Å². The fourth-order valence-corrected chi connectivity index (χ4v) is 7.32. The molecule has 25 heavy (non-hydrogen) atoms. The van der Waals surface area contributed by atoms with Gasteiger partial charge in [-0.25, -0.2) is 18.5 Å². The summed E-state index contributed by atoms with van der Waals surface area (Å²) in [7, 11) is -3.84. The van der Waals surface area contributed by atoms with Crippen LogP contribution < -0.4 is 5.14 Å². The summed E-state index contributed by atoms with van der Waals surface area (Å²) in [5.74, 6) is 3.65. The molecule has 0 atom stereocenters. The van der Waals surface area contributed by atoms with Gasteiger partial charge in [0.05, 0.1) is 16.1 Å². The molecule has 0 unspecified atom stereocenters. The minimum atomic E-state index is -3.84. The normalized spacial score (nSPS) is 34.1. The summed E-state index contributed by atoms with van der Waals surface area (Å²) in [4.78, 5) is 7.97. The van der Waals surface area contributed by atoms with Crippen LogP contribution in [-0.4, -0.2) is 18.4 Å². The zero-order chi connectivity index (χ0) is 17.4. The van der Waals surface area contributed by atoms with Crippen LogP contribution in [0.3, 0.4) is 0 Å². The topological polar surface area (TPSA) is 88.8 Å². The highest BCUT2D eigenvalue weighted by molar-refractivity contribution is 7.89. The summed E-state index contributed by atoms with van der Waals surface area (Å²) in [6.45, 7) is 0. The molecule has 6 rings (SSSR count). The van der Waals surface area contributed by atoms with Crippen molar-refractivity contribution in [1.82, 2.24) is 9.97 Å². The van der Waals surface area contributed by atoms with Crippen molar-refractivity contribution >= 4 is 32.7 Å². The van der Waals surface area contributed by atoms with E-state index in [0.29, 0.717) is 16.4 Å². The van der Waals surface area contributed by atoms with Crippen LogP contribution in [0.5, 0.6) is 0 Å². The molecule has 3 N–H and O–H groups in total. The minimum Gasteiger partial charge on any atom is -0.342 e. The van der Waals surface area contributed by atoms with E-state index in [0.717, 1.165) is 30.0 Å². The second kappa shape index (κ2) is 5.21. The van der Waals surface area contributed by atoms with Crippen molar-refractivity contribution in [2.45, 2.75) is 49.8 Å². The van der Waals surface area contributed by atoms with Crippen molar-refractivity contribution in [2.24, 2.45) is 28.3 Å². The maximum atomic E-state index is 11.7. The molecule has 0 aliphatic heterocycles. The lowest BCUT2D eigenvalue weighted by atomic mass is 9.49. The first-order chi connectivity index (χ1) is 11.8. The highest BCUT2D eigenvalue weighted by Gasteiger charge is 2.50. The van der Waals surface area contributed by atoms with Crippen molar-refractivity contribution in [2.75, 3.05) is 0 Å². The highest BCUT2D eigenvalue weighted by Crippen LogP contribution is 2.60. The van der Waals surface area contributed by atoms with Crippen LogP contribution in [0.15, 0.2) is 17.0 Å². The van der Waals surface area contributed by atoms with E-state index in [1.165, 1.54) is 44.6 Å². The Morgan fingerprint density at radius 2 is 1.76 bits per heavy atom. The summed E-state index contributed by atoms with van der Waals surface area (Å²) in [6.07, 6.45) is 9.18. The number of nitrogens with two attached hydrogens (primary N) is 1. The number of aromatic nitrogens is 2. The number of halogens is 1. The number of nitrogens with one attached hydrogen (secondary N) is 1. The molecule has 0 spiro atoms. The number of aromatic amines is 1. The van der Waals surface area contributed by atoms with Gasteiger partial charge in [-0.3, -0.25) is 0 Å². The van der Waals surface area contributed by atoms with Gasteiger partial charge in [0.15, 0.2) is 0 Å². The molecule has 0 amide bonds. The maximum Gasteiger partial charge on any atom is 0.239 e. The standard InChI is InChI=1S/C18H22ClN3O2S/c19-13-4-14-15(5-16(13)25(20,23)24)22-17(21-14)9-18-6-10-1-11(7-18)3-12(2-10)8-18/h4-5,10-12H,1-3,6-9H2,(H,21,22)(H2,20,23,24). The first-order valence-electron chi connectivity index (χ1n) is 9.01. The number of sulfonamides is 1. The zero-order valence-electron chi connectivity index (χ0n) is 14.0. The molecule has 1 heterocycles. The third kappa shape index (κ3) is 2.69. The van der Waals surface area contributed by atoms with Crippen LogP contribution >= 0.6 is 11.6 Å². The SMILES string of the molecule is NS(=O)(=O)c1cc2[nH]c(CC34CC5CC(CC(C5)C3)C4)nc2cc1Cl. The van der Waals surface area contributed by atoms with E-state index in [9.17, 15) is 8.42 Å². The molecule has 5 nitrogen and oxygen atoms in total. The van der Waals surface area contributed by atoms with Gasteiger partial charge in [-0.15, -0.1) is 0 Å². The average Bonchev–Trinajstić information content (AvgIpc) is 2.83. The van der Waals surface area contributed by atoms with Gasteiger partial charge in [0.1, 0.15) is 10.7 Å². The Morgan fingerprint density at radius 3 is 2.32 bits per heavy atom. The fraction of sp³-hybridized carbons (Fsp3) is 0.611. The van der Waals surface area contributed by atoms with E-state index >= 15 is 0 Å². The largest absolute Gasteiger partial charge is 0.342 e. The van der Waals surface area contributed by atoms with Gasteiger partial charge < -0.3 is 4.98 Å². The molecular weight excluding hydrogens is 358 g/mol. The quantitative estimate of drug-likeness (QED) is 0.853. The number of primary sulfonamides is 1. The Bertz CT molecular complexity index is 931. The molecule has 4 saturated carbocycles. The molecule has 2 aromatic rings. The van der Waals surface area contributed by atoms with E-state index in [4.69, 9.17) is 21.7 Å². The molecule has 4 fully saturated rings. The van der Waals surface area contributed by atoms with E-state index in [-0.39, 0.29) is 9.92 Å². The number of rotatable bonds is 3. The number of imidazole rings is 1. The van der Waals surface area contributed by atoms with Gasteiger partial charge in [0.25, 0.3) is 0 Å². The average molecular weight is 380 g/mol. The van der Waals surface area contributed by atoms with Crippen LogP contribution in [0.1, 0.15) is 44.3 Å². The van der Waals surface area contributed by atoms with Crippen LogP contribution in [0.25, 0.3) is 11.0 Å². The van der Waals surface area contributed by atoms with E-state index in [1.807, 2.05) is 0 Å². The summed E-state index contributed by atoms with van der Waals surface area (Å²) < 4.78 is 23.3. The first-order valence-corrected chi connectivity index (χ1v) is 10.9. The van der Waals surface area contributed by atoms with Crippen LogP contribution in [-0.2, 0) is 16.4 Å². The van der Waals surface area contributed by atoms with Gasteiger partial charge in [-0.1, -0.05) is 11.6 Å². The monoisotopic (exact) mass is 379 g/mol. The third-order valence-corrected chi connectivity index (χ3v) is 7.97. The number of H-pyrrole nitrogens is 1. The zero-order valence-corrected chi connectivity index (χ0v) is 15.5. The first kappa shape index (κ1) is 16.1. The smallest absolute Gasteiger partial charge is 0.239 e. The predicted octanol–water partition coefficient (Wildman–Crippen LogP) is 3.62. The highest BCUT2D eigenvalue weighted by atomic mass is 35.5. The maximum absolute atomic E-state index is 11.7. The number of nitrogens with zero attached hydrogens (tertiary/aromatic N) is 1. The lowest BCUT2D eigenvalue weighted by Gasteiger charge is -2.56. The molecule has 7 heteroatoms. The molecule has 4 aliphatic rings. The Morgan fingerprint density at radius 1 is 1.16 bits per heavy atom. The van der Waals surface area contributed by atoms with Crippen molar-refractivity contribution in [1.29, 1.82) is 0 Å². The second-order valence-electron chi connectivity index (χ2n) is 8.62. The van der Waals surface area contributed by atoms with Crippen molar-refractivity contribution < 1.29 is 8.42 Å². The second-order valence-corrected chi connectivity index (χ2v) is 10.6. The summed E-state index contributed by atoms with van der Waals surface area (Å²) in [5.41, 5.74) is 1.78. The van der Waals surface area contributed by atoms with Gasteiger partial charge in [0, 0.05) is 6.42 Å². The number of hydrogen-bond donors (Lipinski definition) is 2. The number of benzene rings is 1. The van der Waals surface area contributed by atoms with Crippen LogP contribution in [0.2, 0.25) is 5.02 Å². The summed E-state index contributed by atoms with van der Waals surface area (Å²) in [6, 6.07) is 3.10. The van der Waals surface area contributed by atoms with Crippen LogP contribution in [0.4, 0.5) is 0 Å². The van der Waals surface area contributed by atoms with E-state index < -0.39 is 10.0 Å². The number of fused-ring (bicyclic) bond motifs is 1. The van der Waals surface area contributed by atoms with E-state index in [1.54, 1.807) is 6.07 Å². The molecule has 1 aromatic heterocycles. The molecule has 0 radical (unpaired) electrons. The van der Waals surface area contributed by atoms with Crippen molar-refractivity contribution in [3.8, 4) is 0 Å². The number of hydrogen-bond acceptors (Lipinski definition) is 3. The van der Waals surface area contributed by atoms with Crippen molar-refractivity contribution in [3.05, 3.63) is 23.0 Å². The molecule has 0 saturated heterocycles. The van der Waals surface area contributed by atoms with Gasteiger partial charge in [-0.05, 0) is 73.8 Å². The molecule has 4 aliphatic carbocycles. The van der Waals surface area contributed by atoms with Gasteiger partial charge >= 0.3 is 0 Å². The predicted molar refractivity (Wildman–Crippen MR) is 96.8 cm³/mol. The van der Waals surface area contributed by atoms with Gasteiger partial charge in [0.2, 0.25) is 10.0 Å². The summed E-state index contributed by atoms with van der Waals surface area (Å²) in [5, 5.41) is 5.37. The molecule has 4 bridgehead atoms. The lowest BCUT2D eigenvalue weighted by Crippen LogP contribution is -2.47. The lowest BCUT2D eigenvalue weighted by molar-refractivity contribution is -0.0530. The minimum absolute atomic E-state index is 0.0494. The summed E-state index contributed by atoms with van der Waals surface area (Å²) >= 11 is 6.08. The van der Waals surface area contributed by atoms with Gasteiger partial charge in [-0.2, -0.15) is 0 Å². The Labute approximate surface area is 152 Å². The molecule has 134 valence electrons. The fourth-order valence-electron chi connectivity index (χ4n) is 6.23. The molecular formula is C18H22ClN3O2S. The van der Waals surface area contributed by atoms with Crippen molar-refractivity contribution in [3.63, 3.8) is 0 Å².